The molecule has 4 heteroatoms. The van der Waals surface area contributed by atoms with Gasteiger partial charge in [-0.15, -0.1) is 0 Å². The highest BCUT2D eigenvalue weighted by Gasteiger charge is 2.16. The first-order valence-electron chi connectivity index (χ1n) is 4.98. The van der Waals surface area contributed by atoms with Crippen LogP contribution in [0.3, 0.4) is 0 Å². The number of methoxy groups -OCH3 is 1. The lowest BCUT2D eigenvalue weighted by atomic mass is 10.1. The molecular weight excluding hydrogens is 206 g/mol. The van der Waals surface area contributed by atoms with E-state index in [0.717, 1.165) is 22.0 Å². The third-order valence-corrected chi connectivity index (χ3v) is 2.72. The van der Waals surface area contributed by atoms with Gasteiger partial charge in [-0.3, -0.25) is 0 Å². The van der Waals surface area contributed by atoms with Crippen molar-refractivity contribution in [2.75, 3.05) is 7.11 Å². The molecule has 2 rings (SSSR count). The van der Waals surface area contributed by atoms with Gasteiger partial charge < -0.3 is 14.8 Å². The molecule has 0 bridgehead atoms. The van der Waals surface area contributed by atoms with Gasteiger partial charge in [0.05, 0.1) is 13.7 Å². The Balaban J connectivity index is 2.73. The predicted molar refractivity (Wildman–Crippen MR) is 60.3 cm³/mol. The molecule has 16 heavy (non-hydrogen) atoms. The summed E-state index contributed by atoms with van der Waals surface area (Å²) in [6.45, 7) is 1.79. The van der Waals surface area contributed by atoms with E-state index in [0.29, 0.717) is 5.69 Å². The summed E-state index contributed by atoms with van der Waals surface area (Å²) in [6.07, 6.45) is 0. The number of aryl methyl sites for hydroxylation is 1. The number of fused-ring (bicyclic) bond motifs is 1. The minimum absolute atomic E-state index is 0.0450. The van der Waals surface area contributed by atoms with E-state index >= 15 is 0 Å². The quantitative estimate of drug-likeness (QED) is 0.756. The second kappa shape index (κ2) is 3.98. The van der Waals surface area contributed by atoms with Gasteiger partial charge in [-0.25, -0.2) is 4.79 Å². The smallest absolute Gasteiger partial charge is 0.354 e. The highest BCUT2D eigenvalue weighted by atomic mass is 16.5. The molecule has 1 aromatic heterocycles. The molecule has 1 aromatic carbocycles. The zero-order valence-corrected chi connectivity index (χ0v) is 9.20. The highest BCUT2D eigenvalue weighted by Crippen LogP contribution is 2.25. The minimum Gasteiger partial charge on any atom is -0.464 e. The first-order valence-corrected chi connectivity index (χ1v) is 4.98. The molecular formula is C12H13NO3. The molecule has 4 nitrogen and oxygen atoms in total. The van der Waals surface area contributed by atoms with Crippen molar-refractivity contribution in [3.63, 3.8) is 0 Å². The number of rotatable bonds is 2. The second-order valence-corrected chi connectivity index (χ2v) is 3.61. The molecule has 0 aliphatic heterocycles. The summed E-state index contributed by atoms with van der Waals surface area (Å²) < 4.78 is 4.69. The van der Waals surface area contributed by atoms with Gasteiger partial charge in [0.1, 0.15) is 5.69 Å². The van der Waals surface area contributed by atoms with Gasteiger partial charge in [-0.2, -0.15) is 0 Å². The van der Waals surface area contributed by atoms with Crippen molar-refractivity contribution < 1.29 is 14.6 Å². The van der Waals surface area contributed by atoms with E-state index in [2.05, 4.69) is 9.72 Å². The van der Waals surface area contributed by atoms with Crippen molar-refractivity contribution in [1.29, 1.82) is 0 Å². The van der Waals surface area contributed by atoms with Crippen LogP contribution in [0.25, 0.3) is 10.9 Å². The summed E-state index contributed by atoms with van der Waals surface area (Å²) in [6, 6.07) is 5.54. The number of carbonyl (C=O) groups is 1. The van der Waals surface area contributed by atoms with Gasteiger partial charge in [0.2, 0.25) is 0 Å². The van der Waals surface area contributed by atoms with Gasteiger partial charge in [0, 0.05) is 10.9 Å². The number of hydrogen-bond donors (Lipinski definition) is 2. The Morgan fingerprint density at radius 2 is 2.25 bits per heavy atom. The Hall–Kier alpha value is -1.81. The number of benzene rings is 1. The number of aliphatic hydroxyl groups is 1. The van der Waals surface area contributed by atoms with Crippen LogP contribution in [0.4, 0.5) is 0 Å². The van der Waals surface area contributed by atoms with Crippen LogP contribution in [-0.4, -0.2) is 23.2 Å². The fourth-order valence-corrected chi connectivity index (χ4v) is 1.94. The number of carbonyl (C=O) groups excluding carboxylic acids is 1. The van der Waals surface area contributed by atoms with Crippen molar-refractivity contribution in [2.45, 2.75) is 13.5 Å². The Kier molecular flexibility index (Phi) is 2.66. The summed E-state index contributed by atoms with van der Waals surface area (Å²) in [4.78, 5) is 14.5. The normalized spacial score (nSPS) is 10.7. The number of hydrogen-bond acceptors (Lipinski definition) is 3. The van der Waals surface area contributed by atoms with Crippen LogP contribution in [0.15, 0.2) is 18.2 Å². The lowest BCUT2D eigenvalue weighted by Crippen LogP contribution is -2.03. The van der Waals surface area contributed by atoms with Crippen molar-refractivity contribution >= 4 is 16.9 Å². The number of aromatic nitrogens is 1. The molecule has 0 saturated carbocycles. The maximum Gasteiger partial charge on any atom is 0.354 e. The van der Waals surface area contributed by atoms with E-state index < -0.39 is 5.97 Å². The fraction of sp³-hybridized carbons (Fsp3) is 0.250. The summed E-state index contributed by atoms with van der Waals surface area (Å²) in [7, 11) is 1.35. The number of ether oxygens (including phenoxy) is 1. The Labute approximate surface area is 92.9 Å². The molecule has 0 unspecified atom stereocenters. The molecule has 1 heterocycles. The first-order chi connectivity index (χ1) is 7.69. The largest absolute Gasteiger partial charge is 0.464 e. The number of nitrogens with one attached hydrogen (secondary N) is 1. The Bertz CT molecular complexity index is 542. The summed E-state index contributed by atoms with van der Waals surface area (Å²) >= 11 is 0. The number of esters is 1. The number of aliphatic hydroxyl groups excluding tert-OH is 1. The molecule has 2 N–H and O–H groups in total. The van der Waals surface area contributed by atoms with Crippen molar-refractivity contribution in [3.05, 3.63) is 35.0 Å². The molecule has 84 valence electrons. The standard InChI is InChI=1S/C12H13NO3/c1-7-10-8(6-14)4-3-5-9(10)13-11(7)12(15)16-2/h3-5,13-14H,6H2,1-2H3. The third-order valence-electron chi connectivity index (χ3n) is 2.72. The third kappa shape index (κ3) is 1.47. The zero-order chi connectivity index (χ0) is 11.7. The molecule has 0 radical (unpaired) electrons. The van der Waals surface area contributed by atoms with E-state index in [1.165, 1.54) is 7.11 Å². The molecule has 0 aliphatic rings. The monoisotopic (exact) mass is 219 g/mol. The molecule has 0 saturated heterocycles. The van der Waals surface area contributed by atoms with Crippen LogP contribution in [-0.2, 0) is 11.3 Å². The molecule has 0 atom stereocenters. The van der Waals surface area contributed by atoms with E-state index in [-0.39, 0.29) is 6.61 Å². The highest BCUT2D eigenvalue weighted by molar-refractivity contribution is 5.99. The van der Waals surface area contributed by atoms with Gasteiger partial charge in [-0.1, -0.05) is 12.1 Å². The summed E-state index contributed by atoms with van der Waals surface area (Å²) in [5.41, 5.74) is 2.90. The van der Waals surface area contributed by atoms with Crippen LogP contribution >= 0.6 is 0 Å². The lowest BCUT2D eigenvalue weighted by Gasteiger charge is -2.00. The molecule has 0 spiro atoms. The van der Waals surface area contributed by atoms with Gasteiger partial charge >= 0.3 is 5.97 Å². The number of aromatic amines is 1. The van der Waals surface area contributed by atoms with Gasteiger partial charge in [0.15, 0.2) is 0 Å². The van der Waals surface area contributed by atoms with E-state index in [9.17, 15) is 9.90 Å². The Morgan fingerprint density at radius 3 is 2.88 bits per heavy atom. The molecule has 0 fully saturated rings. The predicted octanol–water partition coefficient (Wildman–Crippen LogP) is 1.76. The van der Waals surface area contributed by atoms with Crippen LogP contribution in [0.2, 0.25) is 0 Å². The van der Waals surface area contributed by atoms with Crippen LogP contribution < -0.4 is 0 Å². The molecule has 2 aromatic rings. The second-order valence-electron chi connectivity index (χ2n) is 3.61. The maximum absolute atomic E-state index is 11.5. The van der Waals surface area contributed by atoms with Crippen molar-refractivity contribution in [2.24, 2.45) is 0 Å². The average Bonchev–Trinajstić information content (AvgIpc) is 2.66. The summed E-state index contributed by atoms with van der Waals surface area (Å²) in [5, 5.41) is 10.1. The maximum atomic E-state index is 11.5. The van der Waals surface area contributed by atoms with Crippen molar-refractivity contribution in [3.8, 4) is 0 Å². The minimum atomic E-state index is -0.391. The van der Waals surface area contributed by atoms with Crippen molar-refractivity contribution in [1.82, 2.24) is 4.98 Å². The number of H-pyrrole nitrogens is 1. The van der Waals surface area contributed by atoms with E-state index in [4.69, 9.17) is 0 Å². The fourth-order valence-electron chi connectivity index (χ4n) is 1.94. The van der Waals surface area contributed by atoms with Crippen LogP contribution in [0.5, 0.6) is 0 Å². The first kappa shape index (κ1) is 10.7. The topological polar surface area (TPSA) is 62.3 Å². The van der Waals surface area contributed by atoms with Crippen LogP contribution in [0.1, 0.15) is 21.6 Å². The Morgan fingerprint density at radius 1 is 1.50 bits per heavy atom. The SMILES string of the molecule is COC(=O)c1[nH]c2cccc(CO)c2c1C. The molecule has 0 aliphatic carbocycles. The van der Waals surface area contributed by atoms with Crippen LogP contribution in [0, 0.1) is 6.92 Å². The van der Waals surface area contributed by atoms with E-state index in [1.54, 1.807) is 0 Å². The molecule has 0 amide bonds. The van der Waals surface area contributed by atoms with Gasteiger partial charge in [0.25, 0.3) is 0 Å². The summed E-state index contributed by atoms with van der Waals surface area (Å²) in [5.74, 6) is -0.391. The van der Waals surface area contributed by atoms with E-state index in [1.807, 2.05) is 25.1 Å². The lowest BCUT2D eigenvalue weighted by molar-refractivity contribution is 0.0594. The zero-order valence-electron chi connectivity index (χ0n) is 9.20. The average molecular weight is 219 g/mol. The van der Waals surface area contributed by atoms with Gasteiger partial charge in [-0.05, 0) is 24.1 Å².